The maximum atomic E-state index is 11.0. The van der Waals surface area contributed by atoms with Crippen LogP contribution in [0.5, 0.6) is 0 Å². The van der Waals surface area contributed by atoms with E-state index in [2.05, 4.69) is 20.5 Å². The van der Waals surface area contributed by atoms with Gasteiger partial charge in [0.25, 0.3) is 0 Å². The summed E-state index contributed by atoms with van der Waals surface area (Å²) in [5.41, 5.74) is 0. The molecule has 6 nitrogen and oxygen atoms in total. The minimum Gasteiger partial charge on any atom is -0.359 e. The van der Waals surface area contributed by atoms with Gasteiger partial charge in [0, 0.05) is 46.6 Å². The van der Waals surface area contributed by atoms with E-state index in [1.54, 1.807) is 14.1 Å². The van der Waals surface area contributed by atoms with Gasteiger partial charge < -0.3 is 15.5 Å². The van der Waals surface area contributed by atoms with Crippen LogP contribution in [0.4, 0.5) is 0 Å². The normalized spacial score (nSPS) is 10.9. The average molecular weight is 256 g/mol. The fourth-order valence-electron chi connectivity index (χ4n) is 1.28. The van der Waals surface area contributed by atoms with E-state index in [1.165, 1.54) is 0 Å². The fourth-order valence-corrected chi connectivity index (χ4v) is 1.28. The van der Waals surface area contributed by atoms with Crippen molar-refractivity contribution < 1.29 is 9.59 Å². The number of nitrogens with one attached hydrogen (secondary N) is 2. The number of rotatable bonds is 9. The van der Waals surface area contributed by atoms with Crippen LogP contribution in [-0.4, -0.2) is 63.7 Å². The molecule has 104 valence electrons. The Labute approximate surface area is 109 Å². The number of nitrogens with zero attached hydrogens (tertiary/aromatic N) is 2. The summed E-state index contributed by atoms with van der Waals surface area (Å²) >= 11 is 0. The van der Waals surface area contributed by atoms with E-state index in [1.807, 2.05) is 13.3 Å². The first kappa shape index (κ1) is 16.6. The lowest BCUT2D eigenvalue weighted by molar-refractivity contribution is -0.121. The van der Waals surface area contributed by atoms with Crippen LogP contribution in [0.2, 0.25) is 0 Å². The molecule has 0 heterocycles. The molecule has 6 heteroatoms. The van der Waals surface area contributed by atoms with Gasteiger partial charge in [0.2, 0.25) is 11.8 Å². The van der Waals surface area contributed by atoms with Crippen LogP contribution >= 0.6 is 0 Å². The molecule has 0 aliphatic heterocycles. The highest BCUT2D eigenvalue weighted by atomic mass is 16.2. The van der Waals surface area contributed by atoms with E-state index >= 15 is 0 Å². The van der Waals surface area contributed by atoms with Gasteiger partial charge in [-0.2, -0.15) is 0 Å². The van der Waals surface area contributed by atoms with Gasteiger partial charge in [-0.1, -0.05) is 0 Å². The Morgan fingerprint density at radius 1 is 1.11 bits per heavy atom. The predicted octanol–water partition coefficient (Wildman–Crippen LogP) is -0.349. The molecule has 0 aliphatic rings. The minimum absolute atomic E-state index is 0.00912. The third kappa shape index (κ3) is 9.77. The Morgan fingerprint density at radius 2 is 1.72 bits per heavy atom. The Balaban J connectivity index is 3.49. The van der Waals surface area contributed by atoms with Gasteiger partial charge in [0.05, 0.1) is 0 Å². The van der Waals surface area contributed by atoms with Crippen molar-refractivity contribution in [1.82, 2.24) is 15.5 Å². The van der Waals surface area contributed by atoms with Gasteiger partial charge in [-0.15, -0.1) is 0 Å². The molecule has 18 heavy (non-hydrogen) atoms. The number of aliphatic imine (C=N–C) groups is 1. The lowest BCUT2D eigenvalue weighted by Crippen LogP contribution is -2.27. The highest BCUT2D eigenvalue weighted by Crippen LogP contribution is 1.90. The monoisotopic (exact) mass is 256 g/mol. The number of amides is 2. The van der Waals surface area contributed by atoms with Crippen LogP contribution in [0.25, 0.3) is 0 Å². The van der Waals surface area contributed by atoms with Crippen molar-refractivity contribution in [2.45, 2.75) is 19.3 Å². The van der Waals surface area contributed by atoms with E-state index in [9.17, 15) is 9.59 Å². The zero-order chi connectivity index (χ0) is 13.8. The van der Waals surface area contributed by atoms with E-state index < -0.39 is 0 Å². The van der Waals surface area contributed by atoms with E-state index in [-0.39, 0.29) is 11.8 Å². The molecule has 0 radical (unpaired) electrons. The second-order valence-corrected chi connectivity index (χ2v) is 4.03. The largest absolute Gasteiger partial charge is 0.359 e. The molecular weight excluding hydrogens is 232 g/mol. The van der Waals surface area contributed by atoms with Crippen molar-refractivity contribution in [3.8, 4) is 0 Å². The van der Waals surface area contributed by atoms with Crippen LogP contribution in [-0.2, 0) is 9.59 Å². The minimum atomic E-state index is 0.00912. The molecule has 0 spiro atoms. The topological polar surface area (TPSA) is 73.8 Å². The summed E-state index contributed by atoms with van der Waals surface area (Å²) in [5.74, 6) is 0.0657. The Hall–Kier alpha value is -1.43. The summed E-state index contributed by atoms with van der Waals surface area (Å²) in [4.78, 5) is 28.2. The molecule has 0 aromatic rings. The SMILES string of the molecule is CNC(=O)CCN=CCCN(C)CCC(=O)NC. The fraction of sp³-hybridized carbons (Fsp3) is 0.750. The first-order valence-corrected chi connectivity index (χ1v) is 6.18. The third-order valence-electron chi connectivity index (χ3n) is 2.52. The first-order valence-electron chi connectivity index (χ1n) is 6.18. The lowest BCUT2D eigenvalue weighted by atomic mass is 10.3. The average Bonchev–Trinajstić information content (AvgIpc) is 2.39. The standard InChI is InChI=1S/C12H24N4O2/c1-13-11(17)5-8-15-7-4-9-16(3)10-6-12(18)14-2/h7H,4-6,8-10H2,1-3H3,(H,13,17)(H,14,18). The molecule has 0 aliphatic carbocycles. The van der Waals surface area contributed by atoms with Crippen LogP contribution in [0, 0.1) is 0 Å². The summed E-state index contributed by atoms with van der Waals surface area (Å²) in [5, 5.41) is 5.14. The summed E-state index contributed by atoms with van der Waals surface area (Å²) in [6.07, 6.45) is 3.61. The zero-order valence-electron chi connectivity index (χ0n) is 11.5. The van der Waals surface area contributed by atoms with Gasteiger partial charge in [0.15, 0.2) is 0 Å². The van der Waals surface area contributed by atoms with E-state index in [0.717, 1.165) is 19.5 Å². The number of carbonyl (C=O) groups is 2. The summed E-state index contributed by atoms with van der Waals surface area (Å²) in [6.45, 7) is 2.13. The maximum absolute atomic E-state index is 11.0. The molecule has 0 bridgehead atoms. The van der Waals surface area contributed by atoms with Crippen LogP contribution in [0.1, 0.15) is 19.3 Å². The van der Waals surface area contributed by atoms with Gasteiger partial charge in [-0.25, -0.2) is 0 Å². The first-order chi connectivity index (χ1) is 8.60. The van der Waals surface area contributed by atoms with Crippen molar-refractivity contribution in [1.29, 1.82) is 0 Å². The molecule has 0 fully saturated rings. The van der Waals surface area contributed by atoms with Crippen LogP contribution < -0.4 is 10.6 Å². The predicted molar refractivity (Wildman–Crippen MR) is 72.8 cm³/mol. The smallest absolute Gasteiger partial charge is 0.221 e. The van der Waals surface area contributed by atoms with Crippen molar-refractivity contribution in [2.24, 2.45) is 4.99 Å². The molecule has 0 unspecified atom stereocenters. The molecule has 0 aromatic heterocycles. The molecule has 0 atom stereocenters. The molecule has 0 saturated carbocycles. The van der Waals surface area contributed by atoms with Gasteiger partial charge in [0.1, 0.15) is 0 Å². The molecule has 0 saturated heterocycles. The van der Waals surface area contributed by atoms with Crippen molar-refractivity contribution in [3.63, 3.8) is 0 Å². The Bertz CT molecular complexity index is 279. The quantitative estimate of drug-likeness (QED) is 0.554. The zero-order valence-corrected chi connectivity index (χ0v) is 11.5. The van der Waals surface area contributed by atoms with Gasteiger partial charge in [-0.3, -0.25) is 14.6 Å². The third-order valence-corrected chi connectivity index (χ3v) is 2.52. The summed E-state index contributed by atoms with van der Waals surface area (Å²) < 4.78 is 0. The highest BCUT2D eigenvalue weighted by molar-refractivity contribution is 5.76. The molecule has 0 rings (SSSR count). The Morgan fingerprint density at radius 3 is 2.33 bits per heavy atom. The summed E-state index contributed by atoms with van der Waals surface area (Å²) in [7, 11) is 5.23. The molecule has 0 aromatic carbocycles. The van der Waals surface area contributed by atoms with Gasteiger partial charge >= 0.3 is 0 Å². The maximum Gasteiger partial charge on any atom is 0.221 e. The molecular formula is C12H24N4O2. The van der Waals surface area contributed by atoms with Crippen LogP contribution in [0.15, 0.2) is 4.99 Å². The number of hydrogen-bond acceptors (Lipinski definition) is 4. The number of hydrogen-bond donors (Lipinski definition) is 2. The molecule has 2 amide bonds. The second-order valence-electron chi connectivity index (χ2n) is 4.03. The second kappa shape index (κ2) is 10.7. The number of carbonyl (C=O) groups excluding carboxylic acids is 2. The summed E-state index contributed by atoms with van der Waals surface area (Å²) in [6, 6.07) is 0. The van der Waals surface area contributed by atoms with Crippen LogP contribution in [0.3, 0.4) is 0 Å². The van der Waals surface area contributed by atoms with E-state index in [0.29, 0.717) is 19.4 Å². The van der Waals surface area contributed by atoms with Gasteiger partial charge in [-0.05, 0) is 19.7 Å². The van der Waals surface area contributed by atoms with Crippen molar-refractivity contribution in [3.05, 3.63) is 0 Å². The molecule has 2 N–H and O–H groups in total. The van der Waals surface area contributed by atoms with Crippen molar-refractivity contribution in [2.75, 3.05) is 40.8 Å². The lowest BCUT2D eigenvalue weighted by Gasteiger charge is -2.14. The van der Waals surface area contributed by atoms with Crippen molar-refractivity contribution >= 4 is 18.0 Å². The Kier molecular flexibility index (Phi) is 9.86. The highest BCUT2D eigenvalue weighted by Gasteiger charge is 2.01. The van der Waals surface area contributed by atoms with E-state index in [4.69, 9.17) is 0 Å².